The molecule has 2 saturated carbocycles. The lowest BCUT2D eigenvalue weighted by Crippen LogP contribution is -2.49. The molecule has 0 aromatic carbocycles. The van der Waals surface area contributed by atoms with Crippen LogP contribution in [-0.4, -0.2) is 62.1 Å². The van der Waals surface area contributed by atoms with Gasteiger partial charge >= 0.3 is 0 Å². The fourth-order valence-electron chi connectivity index (χ4n) is 5.12. The number of pyridine rings is 1. The maximum atomic E-state index is 13.5. The maximum absolute atomic E-state index is 13.5. The molecule has 0 unspecified atom stereocenters. The van der Waals surface area contributed by atoms with Gasteiger partial charge < -0.3 is 9.64 Å². The Morgan fingerprint density at radius 1 is 1.03 bits per heavy atom. The van der Waals surface area contributed by atoms with E-state index in [2.05, 4.69) is 24.6 Å². The topological polar surface area (TPSA) is 73.1 Å². The van der Waals surface area contributed by atoms with Crippen molar-refractivity contribution in [2.75, 3.05) is 19.5 Å². The summed E-state index contributed by atoms with van der Waals surface area (Å²) in [4.78, 5) is 19.9. The number of hydrogen-bond acceptors (Lipinski definition) is 6. The summed E-state index contributed by atoms with van der Waals surface area (Å²) in [5.41, 5.74) is 0.966. The molecule has 2 aromatic heterocycles. The number of carbonyl (C=O) groups excluding carboxylic acids is 1. The molecule has 0 spiro atoms. The van der Waals surface area contributed by atoms with E-state index >= 15 is 0 Å². The van der Waals surface area contributed by atoms with Crippen molar-refractivity contribution in [1.82, 2.24) is 24.6 Å². The van der Waals surface area contributed by atoms with Gasteiger partial charge in [-0.3, -0.25) is 14.3 Å². The Morgan fingerprint density at radius 2 is 1.66 bits per heavy atom. The van der Waals surface area contributed by atoms with Gasteiger partial charge in [0.25, 0.3) is 0 Å². The van der Waals surface area contributed by atoms with E-state index in [0.717, 1.165) is 42.2 Å². The van der Waals surface area contributed by atoms with E-state index in [1.807, 2.05) is 12.1 Å². The standard InChI is InChI=1S/C24H35N5O2S/c1-31-17-16-28-23(19-12-14-25-15-13-19)26-27-24(28)32-18-22(30)29(20-8-4-2-5-9-20)21-10-6-3-7-11-21/h12-15,20-21H,2-11,16-18H2,1H3. The molecule has 0 radical (unpaired) electrons. The zero-order valence-electron chi connectivity index (χ0n) is 19.1. The highest BCUT2D eigenvalue weighted by Crippen LogP contribution is 2.32. The Kier molecular flexibility index (Phi) is 8.56. The van der Waals surface area contributed by atoms with Crippen LogP contribution in [0.3, 0.4) is 0 Å². The summed E-state index contributed by atoms with van der Waals surface area (Å²) in [5, 5.41) is 9.63. The van der Waals surface area contributed by atoms with Crippen LogP contribution < -0.4 is 0 Å². The van der Waals surface area contributed by atoms with Crippen LogP contribution in [0.25, 0.3) is 11.4 Å². The van der Waals surface area contributed by atoms with Crippen molar-refractivity contribution in [1.29, 1.82) is 0 Å². The van der Waals surface area contributed by atoms with E-state index in [9.17, 15) is 4.79 Å². The lowest BCUT2D eigenvalue weighted by Gasteiger charge is -2.41. The number of rotatable bonds is 9. The third-order valence-electron chi connectivity index (χ3n) is 6.72. The number of carbonyl (C=O) groups is 1. The van der Waals surface area contributed by atoms with Crippen molar-refractivity contribution in [3.8, 4) is 11.4 Å². The van der Waals surface area contributed by atoms with E-state index in [0.29, 0.717) is 31.0 Å². The van der Waals surface area contributed by atoms with Crippen LogP contribution in [0.4, 0.5) is 0 Å². The highest BCUT2D eigenvalue weighted by atomic mass is 32.2. The Labute approximate surface area is 195 Å². The summed E-state index contributed by atoms with van der Waals surface area (Å²) >= 11 is 1.50. The normalized spacial score (nSPS) is 18.0. The molecule has 0 bridgehead atoms. The van der Waals surface area contributed by atoms with Crippen LogP contribution in [0, 0.1) is 0 Å². The van der Waals surface area contributed by atoms with Crippen molar-refractivity contribution in [3.05, 3.63) is 24.5 Å². The van der Waals surface area contributed by atoms with E-state index in [4.69, 9.17) is 4.74 Å². The molecule has 1 amide bonds. The molecule has 174 valence electrons. The second-order valence-corrected chi connectivity index (χ2v) is 9.80. The summed E-state index contributed by atoms with van der Waals surface area (Å²) in [6.07, 6.45) is 15.7. The quantitative estimate of drug-likeness (QED) is 0.514. The molecule has 0 aliphatic heterocycles. The van der Waals surface area contributed by atoms with Gasteiger partial charge in [-0.05, 0) is 37.8 Å². The van der Waals surface area contributed by atoms with Gasteiger partial charge in [-0.15, -0.1) is 10.2 Å². The molecule has 2 heterocycles. The van der Waals surface area contributed by atoms with Crippen LogP contribution in [0.15, 0.2) is 29.7 Å². The zero-order chi connectivity index (χ0) is 22.2. The third kappa shape index (κ3) is 5.70. The lowest BCUT2D eigenvalue weighted by atomic mass is 9.88. The van der Waals surface area contributed by atoms with Crippen molar-refractivity contribution < 1.29 is 9.53 Å². The molecule has 32 heavy (non-hydrogen) atoms. The third-order valence-corrected chi connectivity index (χ3v) is 7.67. The number of hydrogen-bond donors (Lipinski definition) is 0. The number of thioether (sulfide) groups is 1. The van der Waals surface area contributed by atoms with Crippen molar-refractivity contribution >= 4 is 17.7 Å². The molecule has 2 fully saturated rings. The summed E-state index contributed by atoms with van der Waals surface area (Å²) in [6.45, 7) is 1.21. The van der Waals surface area contributed by atoms with Gasteiger partial charge in [0.15, 0.2) is 11.0 Å². The fourth-order valence-corrected chi connectivity index (χ4v) is 5.95. The van der Waals surface area contributed by atoms with Crippen LogP contribution in [-0.2, 0) is 16.1 Å². The van der Waals surface area contributed by atoms with E-state index < -0.39 is 0 Å². The predicted molar refractivity (Wildman–Crippen MR) is 126 cm³/mol. The summed E-state index contributed by atoms with van der Waals surface area (Å²) in [6, 6.07) is 4.69. The van der Waals surface area contributed by atoms with Gasteiger partial charge in [0.1, 0.15) is 0 Å². The molecule has 2 aromatic rings. The Hall–Kier alpha value is -1.93. The molecule has 2 aliphatic carbocycles. The van der Waals surface area contributed by atoms with Gasteiger partial charge in [0.05, 0.1) is 18.9 Å². The van der Waals surface area contributed by atoms with Crippen LogP contribution in [0.1, 0.15) is 64.2 Å². The van der Waals surface area contributed by atoms with E-state index in [1.54, 1.807) is 19.5 Å². The second kappa shape index (κ2) is 11.8. The van der Waals surface area contributed by atoms with E-state index in [-0.39, 0.29) is 5.91 Å². The first kappa shape index (κ1) is 23.2. The molecule has 2 aliphatic rings. The van der Waals surface area contributed by atoms with Gasteiger partial charge in [-0.25, -0.2) is 0 Å². The molecule has 4 rings (SSSR count). The van der Waals surface area contributed by atoms with Crippen molar-refractivity contribution in [2.24, 2.45) is 0 Å². The summed E-state index contributed by atoms with van der Waals surface area (Å²) in [7, 11) is 1.69. The van der Waals surface area contributed by atoms with Gasteiger partial charge in [-0.2, -0.15) is 0 Å². The van der Waals surface area contributed by atoms with Gasteiger partial charge in [0.2, 0.25) is 5.91 Å². The van der Waals surface area contributed by atoms with Gasteiger partial charge in [-0.1, -0.05) is 50.3 Å². The van der Waals surface area contributed by atoms with Gasteiger partial charge in [0, 0.05) is 37.2 Å². The first-order valence-electron chi connectivity index (χ1n) is 12.0. The maximum Gasteiger partial charge on any atom is 0.233 e. The largest absolute Gasteiger partial charge is 0.383 e. The minimum absolute atomic E-state index is 0.264. The highest BCUT2D eigenvalue weighted by Gasteiger charge is 2.32. The average Bonchev–Trinajstić information content (AvgIpc) is 3.26. The molecule has 0 N–H and O–H groups in total. The minimum Gasteiger partial charge on any atom is -0.383 e. The Morgan fingerprint density at radius 3 is 2.25 bits per heavy atom. The monoisotopic (exact) mass is 457 g/mol. The van der Waals surface area contributed by atoms with Crippen LogP contribution >= 0.6 is 11.8 Å². The fraction of sp³-hybridized carbons (Fsp3) is 0.667. The molecular weight excluding hydrogens is 422 g/mol. The zero-order valence-corrected chi connectivity index (χ0v) is 19.9. The smallest absolute Gasteiger partial charge is 0.233 e. The number of nitrogens with zero attached hydrogens (tertiary/aromatic N) is 5. The molecule has 0 saturated heterocycles. The minimum atomic E-state index is 0.264. The second-order valence-electron chi connectivity index (χ2n) is 8.86. The molecule has 8 heteroatoms. The Bertz CT molecular complexity index is 829. The first-order chi connectivity index (χ1) is 15.8. The molecule has 7 nitrogen and oxygen atoms in total. The van der Waals surface area contributed by atoms with Crippen LogP contribution in [0.5, 0.6) is 0 Å². The Balaban J connectivity index is 1.49. The van der Waals surface area contributed by atoms with Crippen LogP contribution in [0.2, 0.25) is 0 Å². The summed E-state index contributed by atoms with van der Waals surface area (Å²) < 4.78 is 7.37. The highest BCUT2D eigenvalue weighted by molar-refractivity contribution is 7.99. The van der Waals surface area contributed by atoms with Crippen molar-refractivity contribution in [3.63, 3.8) is 0 Å². The summed E-state index contributed by atoms with van der Waals surface area (Å²) in [5.74, 6) is 1.46. The number of amides is 1. The average molecular weight is 458 g/mol. The first-order valence-corrected chi connectivity index (χ1v) is 13.0. The number of ether oxygens (including phenoxy) is 1. The number of aromatic nitrogens is 4. The molecular formula is C24H35N5O2S. The SMILES string of the molecule is COCCn1c(SCC(=O)N(C2CCCCC2)C2CCCCC2)nnc1-c1ccncc1. The van der Waals surface area contributed by atoms with Crippen molar-refractivity contribution in [2.45, 2.75) is 88.0 Å². The predicted octanol–water partition coefficient (Wildman–Crippen LogP) is 4.57. The molecule has 0 atom stereocenters. The number of methoxy groups -OCH3 is 1. The van der Waals surface area contributed by atoms with E-state index in [1.165, 1.54) is 50.3 Å². The lowest BCUT2D eigenvalue weighted by molar-refractivity contribution is -0.135.